The number of aromatic nitrogens is 1. The third kappa shape index (κ3) is 4.65. The fourth-order valence-corrected chi connectivity index (χ4v) is 4.75. The van der Waals surface area contributed by atoms with Gasteiger partial charge >= 0.3 is 0 Å². The Bertz CT molecular complexity index is 1080. The van der Waals surface area contributed by atoms with Gasteiger partial charge in [0.15, 0.2) is 0 Å². The van der Waals surface area contributed by atoms with E-state index in [1.54, 1.807) is 59.7 Å². The molecule has 1 heterocycles. The van der Waals surface area contributed by atoms with E-state index in [-0.39, 0.29) is 10.8 Å². The molecule has 0 fully saturated rings. The second-order valence-electron chi connectivity index (χ2n) is 6.58. The Morgan fingerprint density at radius 2 is 1.69 bits per heavy atom. The maximum absolute atomic E-state index is 12.8. The quantitative estimate of drug-likeness (QED) is 0.573. The van der Waals surface area contributed by atoms with Crippen molar-refractivity contribution in [2.45, 2.75) is 24.8 Å². The molecule has 0 radical (unpaired) electrons. The van der Waals surface area contributed by atoms with Crippen LogP contribution in [0.3, 0.4) is 0 Å². The van der Waals surface area contributed by atoms with Gasteiger partial charge in [-0.2, -0.15) is 0 Å². The molecule has 3 aromatic rings. The van der Waals surface area contributed by atoms with Crippen molar-refractivity contribution in [3.05, 3.63) is 76.2 Å². The Morgan fingerprint density at radius 1 is 1.03 bits per heavy atom. The van der Waals surface area contributed by atoms with Crippen molar-refractivity contribution in [1.29, 1.82) is 0 Å². The summed E-state index contributed by atoms with van der Waals surface area (Å²) >= 11 is 1.58. The van der Waals surface area contributed by atoms with Gasteiger partial charge in [0.05, 0.1) is 27.8 Å². The smallest absolute Gasteiger partial charge is 0.264 e. The molecular formula is C21H23N3O3S2. The standard InChI is InChI=1S/C21H23N3O3S2/c1-4-20-22-17(15-28-20)14-23(2)21(25)16-10-12-19(13-11-16)29(26,27)24(3)18-8-6-5-7-9-18/h5-13,15H,4,14H2,1-3H3. The number of amides is 1. The lowest BCUT2D eigenvalue weighted by molar-refractivity contribution is 0.0783. The summed E-state index contributed by atoms with van der Waals surface area (Å²) < 4.78 is 26.9. The number of rotatable bonds is 7. The molecular weight excluding hydrogens is 406 g/mol. The summed E-state index contributed by atoms with van der Waals surface area (Å²) in [5.41, 5.74) is 1.85. The predicted octanol–water partition coefficient (Wildman–Crippen LogP) is 3.80. The lowest BCUT2D eigenvalue weighted by Crippen LogP contribution is -2.27. The van der Waals surface area contributed by atoms with Gasteiger partial charge in [0.2, 0.25) is 0 Å². The van der Waals surface area contributed by atoms with E-state index >= 15 is 0 Å². The highest BCUT2D eigenvalue weighted by Crippen LogP contribution is 2.22. The summed E-state index contributed by atoms with van der Waals surface area (Å²) in [7, 11) is -0.484. The van der Waals surface area contributed by atoms with Crippen molar-refractivity contribution in [3.8, 4) is 0 Å². The molecule has 0 atom stereocenters. The van der Waals surface area contributed by atoms with Crippen LogP contribution in [0.1, 0.15) is 28.0 Å². The topological polar surface area (TPSA) is 70.6 Å². The van der Waals surface area contributed by atoms with Gasteiger partial charge in [0.1, 0.15) is 0 Å². The zero-order chi connectivity index (χ0) is 21.0. The number of para-hydroxylation sites is 1. The minimum absolute atomic E-state index is 0.134. The fraction of sp³-hybridized carbons (Fsp3) is 0.238. The van der Waals surface area contributed by atoms with E-state index in [2.05, 4.69) is 4.98 Å². The minimum Gasteiger partial charge on any atom is -0.336 e. The number of thiazole rings is 1. The van der Waals surface area contributed by atoms with Crippen LogP contribution in [0.5, 0.6) is 0 Å². The van der Waals surface area contributed by atoms with Crippen molar-refractivity contribution in [2.24, 2.45) is 0 Å². The normalized spacial score (nSPS) is 11.3. The van der Waals surface area contributed by atoms with E-state index in [0.29, 0.717) is 17.8 Å². The van der Waals surface area contributed by atoms with Crippen molar-refractivity contribution in [1.82, 2.24) is 9.88 Å². The number of carbonyl (C=O) groups is 1. The zero-order valence-electron chi connectivity index (χ0n) is 16.6. The maximum atomic E-state index is 12.8. The molecule has 29 heavy (non-hydrogen) atoms. The van der Waals surface area contributed by atoms with Gasteiger partial charge in [-0.3, -0.25) is 9.10 Å². The summed E-state index contributed by atoms with van der Waals surface area (Å²) in [6, 6.07) is 14.9. The number of hydrogen-bond donors (Lipinski definition) is 0. The molecule has 0 unspecified atom stereocenters. The van der Waals surface area contributed by atoms with Crippen molar-refractivity contribution < 1.29 is 13.2 Å². The second-order valence-corrected chi connectivity index (χ2v) is 9.49. The molecule has 152 valence electrons. The maximum Gasteiger partial charge on any atom is 0.264 e. The zero-order valence-corrected chi connectivity index (χ0v) is 18.2. The van der Waals surface area contributed by atoms with Crippen LogP contribution in [-0.2, 0) is 23.0 Å². The molecule has 0 N–H and O–H groups in total. The SMILES string of the molecule is CCc1nc(CN(C)C(=O)c2ccc(S(=O)(=O)N(C)c3ccccc3)cc2)cs1. The molecule has 0 aliphatic heterocycles. The predicted molar refractivity (Wildman–Crippen MR) is 116 cm³/mol. The van der Waals surface area contributed by atoms with E-state index in [1.807, 2.05) is 18.4 Å². The van der Waals surface area contributed by atoms with Crippen LogP contribution in [0.25, 0.3) is 0 Å². The second kappa shape index (κ2) is 8.75. The van der Waals surface area contributed by atoms with E-state index < -0.39 is 10.0 Å². The molecule has 0 saturated heterocycles. The molecule has 0 spiro atoms. The van der Waals surface area contributed by atoms with Gasteiger partial charge in [-0.05, 0) is 42.8 Å². The number of sulfonamides is 1. The number of benzene rings is 2. The highest BCUT2D eigenvalue weighted by Gasteiger charge is 2.22. The number of anilines is 1. The summed E-state index contributed by atoms with van der Waals surface area (Å²) in [6.45, 7) is 2.45. The lowest BCUT2D eigenvalue weighted by atomic mass is 10.2. The van der Waals surface area contributed by atoms with Gasteiger partial charge in [0.25, 0.3) is 15.9 Å². The van der Waals surface area contributed by atoms with E-state index in [1.165, 1.54) is 23.5 Å². The first-order chi connectivity index (χ1) is 13.8. The number of nitrogens with zero attached hydrogens (tertiary/aromatic N) is 3. The van der Waals surface area contributed by atoms with Gasteiger partial charge in [-0.1, -0.05) is 25.1 Å². The Labute approximate surface area is 175 Å². The third-order valence-corrected chi connectivity index (χ3v) is 7.37. The number of hydrogen-bond acceptors (Lipinski definition) is 5. The van der Waals surface area contributed by atoms with Crippen molar-refractivity contribution in [3.63, 3.8) is 0 Å². The largest absolute Gasteiger partial charge is 0.336 e. The van der Waals surface area contributed by atoms with Crippen LogP contribution >= 0.6 is 11.3 Å². The fourth-order valence-electron chi connectivity index (χ4n) is 2.82. The molecule has 0 saturated carbocycles. The molecule has 0 aliphatic carbocycles. The molecule has 2 aromatic carbocycles. The Kier molecular flexibility index (Phi) is 6.34. The Hall–Kier alpha value is -2.71. The summed E-state index contributed by atoms with van der Waals surface area (Å²) in [5, 5.41) is 3.00. The molecule has 1 aromatic heterocycles. The lowest BCUT2D eigenvalue weighted by Gasteiger charge is -2.20. The van der Waals surface area contributed by atoms with E-state index in [4.69, 9.17) is 0 Å². The number of aryl methyl sites for hydroxylation is 1. The Balaban J connectivity index is 1.74. The molecule has 0 bridgehead atoms. The van der Waals surface area contributed by atoms with Crippen LogP contribution in [0.2, 0.25) is 0 Å². The summed E-state index contributed by atoms with van der Waals surface area (Å²) in [6.07, 6.45) is 0.871. The van der Waals surface area contributed by atoms with Crippen LogP contribution < -0.4 is 4.31 Å². The van der Waals surface area contributed by atoms with Crippen molar-refractivity contribution >= 4 is 33.0 Å². The number of carbonyl (C=O) groups excluding carboxylic acids is 1. The van der Waals surface area contributed by atoms with Gasteiger partial charge in [-0.25, -0.2) is 13.4 Å². The van der Waals surface area contributed by atoms with Crippen LogP contribution in [-0.4, -0.2) is 38.3 Å². The van der Waals surface area contributed by atoms with Gasteiger partial charge < -0.3 is 4.90 Å². The average Bonchev–Trinajstić information content (AvgIpc) is 3.20. The summed E-state index contributed by atoms with van der Waals surface area (Å²) in [5.74, 6) is -0.184. The molecule has 6 nitrogen and oxygen atoms in total. The first-order valence-electron chi connectivity index (χ1n) is 9.15. The summed E-state index contributed by atoms with van der Waals surface area (Å²) in [4.78, 5) is 18.9. The van der Waals surface area contributed by atoms with Crippen LogP contribution in [0, 0.1) is 0 Å². The first-order valence-corrected chi connectivity index (χ1v) is 11.5. The van der Waals surface area contributed by atoms with Crippen LogP contribution in [0.4, 0.5) is 5.69 Å². The minimum atomic E-state index is -3.70. The van der Waals surface area contributed by atoms with E-state index in [0.717, 1.165) is 17.1 Å². The molecule has 1 amide bonds. The highest BCUT2D eigenvalue weighted by atomic mass is 32.2. The first kappa shape index (κ1) is 21.0. The van der Waals surface area contributed by atoms with E-state index in [9.17, 15) is 13.2 Å². The van der Waals surface area contributed by atoms with Crippen molar-refractivity contribution in [2.75, 3.05) is 18.4 Å². The Morgan fingerprint density at radius 3 is 2.28 bits per heavy atom. The average molecular weight is 430 g/mol. The highest BCUT2D eigenvalue weighted by molar-refractivity contribution is 7.92. The monoisotopic (exact) mass is 429 g/mol. The molecule has 0 aliphatic rings. The van der Waals surface area contributed by atoms with Gasteiger partial charge in [0, 0.05) is 25.0 Å². The third-order valence-electron chi connectivity index (χ3n) is 4.53. The van der Waals surface area contributed by atoms with Gasteiger partial charge in [-0.15, -0.1) is 11.3 Å². The molecule has 8 heteroatoms. The molecule has 3 rings (SSSR count). The van der Waals surface area contributed by atoms with Crippen LogP contribution in [0.15, 0.2) is 64.9 Å².